The Morgan fingerprint density at radius 1 is 1.12 bits per heavy atom. The Bertz CT molecular complexity index is 1400. The van der Waals surface area contributed by atoms with Crippen LogP contribution in [0.15, 0.2) is 54.7 Å². The van der Waals surface area contributed by atoms with Crippen LogP contribution in [0.3, 0.4) is 0 Å². The summed E-state index contributed by atoms with van der Waals surface area (Å²) in [6.45, 7) is 7.91. The number of nitriles is 1. The van der Waals surface area contributed by atoms with E-state index in [2.05, 4.69) is 21.5 Å². The van der Waals surface area contributed by atoms with Crippen LogP contribution in [-0.2, 0) is 0 Å². The largest absolute Gasteiger partial charge is 0.322 e. The van der Waals surface area contributed by atoms with E-state index >= 15 is 0 Å². The van der Waals surface area contributed by atoms with E-state index in [1.54, 1.807) is 29.1 Å². The summed E-state index contributed by atoms with van der Waals surface area (Å²) in [5.41, 5.74) is 6.31. The molecule has 4 rings (SSSR count). The highest BCUT2D eigenvalue weighted by atomic mass is 16.1. The quantitative estimate of drug-likeness (QED) is 0.421. The van der Waals surface area contributed by atoms with Crippen molar-refractivity contribution in [3.8, 4) is 6.07 Å². The first-order chi connectivity index (χ1) is 15.9. The van der Waals surface area contributed by atoms with Gasteiger partial charge in [-0.2, -0.15) is 10.4 Å². The molecule has 0 saturated heterocycles. The average molecular weight is 436 g/mol. The number of benzene rings is 2. The molecule has 33 heavy (non-hydrogen) atoms. The third-order valence-corrected chi connectivity index (χ3v) is 5.42. The number of rotatable bonds is 5. The first-order valence-corrected chi connectivity index (χ1v) is 10.8. The molecule has 2 aromatic heterocycles. The number of aryl methyl sites for hydroxylation is 2. The number of carbonyl (C=O) groups excluding carboxylic acids is 1. The number of amides is 1. The molecule has 1 N–H and O–H groups in total. The molecule has 0 radical (unpaired) electrons. The van der Waals surface area contributed by atoms with E-state index in [0.29, 0.717) is 16.8 Å². The lowest BCUT2D eigenvalue weighted by molar-refractivity contribution is 0.102. The fourth-order valence-electron chi connectivity index (χ4n) is 4.04. The van der Waals surface area contributed by atoms with Crippen molar-refractivity contribution in [1.82, 2.24) is 14.8 Å². The highest BCUT2D eigenvalue weighted by Gasteiger charge is 2.18. The summed E-state index contributed by atoms with van der Waals surface area (Å²) in [5.74, 6) is -0.185. The highest BCUT2D eigenvalue weighted by molar-refractivity contribution is 6.06. The second kappa shape index (κ2) is 9.09. The number of carbonyl (C=O) groups is 1. The van der Waals surface area contributed by atoms with Gasteiger partial charge < -0.3 is 5.32 Å². The molecule has 0 saturated carbocycles. The van der Waals surface area contributed by atoms with Gasteiger partial charge in [0, 0.05) is 34.2 Å². The fraction of sp³-hybridized carbons (Fsp3) is 0.185. The van der Waals surface area contributed by atoms with Crippen LogP contribution < -0.4 is 5.32 Å². The van der Waals surface area contributed by atoms with Crippen LogP contribution in [0.2, 0.25) is 0 Å². The number of hydrogen-bond acceptors (Lipinski definition) is 4. The maximum Gasteiger partial charge on any atom is 0.255 e. The molecule has 6 heteroatoms. The molecule has 0 bridgehead atoms. The summed E-state index contributed by atoms with van der Waals surface area (Å²) in [6, 6.07) is 17.2. The van der Waals surface area contributed by atoms with Gasteiger partial charge in [0.25, 0.3) is 5.91 Å². The van der Waals surface area contributed by atoms with Crippen LogP contribution in [0.4, 0.5) is 5.69 Å². The Morgan fingerprint density at radius 3 is 2.58 bits per heavy atom. The van der Waals surface area contributed by atoms with Crippen molar-refractivity contribution in [2.75, 3.05) is 5.32 Å². The van der Waals surface area contributed by atoms with E-state index in [0.717, 1.165) is 33.4 Å². The van der Waals surface area contributed by atoms with Gasteiger partial charge in [0.1, 0.15) is 0 Å². The SMILES string of the molecule is Cc1cc(/C=C\n2ncc3ccc(NC(=O)c4cccc(C#N)c4C(C)C)cc32)cc(C)n1. The Labute approximate surface area is 193 Å². The second-order valence-electron chi connectivity index (χ2n) is 8.35. The third-order valence-electron chi connectivity index (χ3n) is 5.42. The maximum atomic E-state index is 13.1. The van der Waals surface area contributed by atoms with Gasteiger partial charge in [-0.3, -0.25) is 9.78 Å². The predicted molar refractivity (Wildman–Crippen MR) is 132 cm³/mol. The van der Waals surface area contributed by atoms with Gasteiger partial charge in [-0.15, -0.1) is 0 Å². The molecule has 0 spiro atoms. The normalized spacial score (nSPS) is 11.3. The number of nitrogens with zero attached hydrogens (tertiary/aromatic N) is 4. The van der Waals surface area contributed by atoms with Crippen LogP contribution >= 0.6 is 0 Å². The molecule has 0 unspecified atom stereocenters. The van der Waals surface area contributed by atoms with E-state index in [4.69, 9.17) is 0 Å². The van der Waals surface area contributed by atoms with Gasteiger partial charge >= 0.3 is 0 Å². The molecule has 0 aliphatic heterocycles. The van der Waals surface area contributed by atoms with Crippen LogP contribution in [0.5, 0.6) is 0 Å². The zero-order chi connectivity index (χ0) is 23.5. The van der Waals surface area contributed by atoms with Crippen LogP contribution in [0, 0.1) is 25.2 Å². The minimum atomic E-state index is -0.237. The van der Waals surface area contributed by atoms with E-state index in [1.165, 1.54) is 0 Å². The molecule has 0 aliphatic carbocycles. The minimum Gasteiger partial charge on any atom is -0.322 e. The number of aromatic nitrogens is 3. The van der Waals surface area contributed by atoms with Crippen molar-refractivity contribution in [3.63, 3.8) is 0 Å². The van der Waals surface area contributed by atoms with E-state index in [1.807, 2.05) is 70.3 Å². The smallest absolute Gasteiger partial charge is 0.255 e. The van der Waals surface area contributed by atoms with Gasteiger partial charge in [0.15, 0.2) is 0 Å². The Kier molecular flexibility index (Phi) is 6.05. The lowest BCUT2D eigenvalue weighted by atomic mass is 9.92. The average Bonchev–Trinajstić information content (AvgIpc) is 3.18. The van der Waals surface area contributed by atoms with Gasteiger partial charge in [0.05, 0.1) is 23.3 Å². The van der Waals surface area contributed by atoms with Crippen LogP contribution in [0.1, 0.15) is 58.2 Å². The summed E-state index contributed by atoms with van der Waals surface area (Å²) in [5, 5.41) is 17.9. The number of anilines is 1. The summed E-state index contributed by atoms with van der Waals surface area (Å²) < 4.78 is 1.78. The maximum absolute atomic E-state index is 13.1. The molecule has 0 atom stereocenters. The molecule has 0 fully saturated rings. The van der Waals surface area contributed by atoms with Gasteiger partial charge in [-0.05, 0) is 79.4 Å². The second-order valence-corrected chi connectivity index (χ2v) is 8.35. The molecule has 4 aromatic rings. The molecular weight excluding hydrogens is 410 g/mol. The fourth-order valence-corrected chi connectivity index (χ4v) is 4.04. The number of fused-ring (bicyclic) bond motifs is 1. The monoisotopic (exact) mass is 435 g/mol. The van der Waals surface area contributed by atoms with Crippen molar-refractivity contribution >= 4 is 34.8 Å². The van der Waals surface area contributed by atoms with E-state index in [-0.39, 0.29) is 11.8 Å². The lowest BCUT2D eigenvalue weighted by Gasteiger charge is -2.14. The third kappa shape index (κ3) is 4.68. The minimum absolute atomic E-state index is 0.0520. The molecule has 6 nitrogen and oxygen atoms in total. The lowest BCUT2D eigenvalue weighted by Crippen LogP contribution is -2.15. The number of pyridine rings is 1. The molecule has 1 amide bonds. The Hall–Kier alpha value is -4.24. The molecule has 0 aliphatic rings. The Morgan fingerprint density at radius 2 is 1.88 bits per heavy atom. The number of hydrogen-bond donors (Lipinski definition) is 1. The zero-order valence-electron chi connectivity index (χ0n) is 19.1. The van der Waals surface area contributed by atoms with Crippen molar-refractivity contribution in [2.45, 2.75) is 33.6 Å². The van der Waals surface area contributed by atoms with Crippen LogP contribution in [0.25, 0.3) is 23.2 Å². The standard InChI is InChI=1S/C27H25N5O/c1-17(2)26-21(15-28)6-5-7-24(26)27(33)31-23-9-8-22-16-29-32(25(22)14-23)11-10-20-12-18(3)30-19(4)13-20/h5-14,16-17H,1-4H3,(H,31,33)/b11-10-. The summed E-state index contributed by atoms with van der Waals surface area (Å²) in [6.07, 6.45) is 5.68. The summed E-state index contributed by atoms with van der Waals surface area (Å²) in [7, 11) is 0. The highest BCUT2D eigenvalue weighted by Crippen LogP contribution is 2.26. The zero-order valence-corrected chi connectivity index (χ0v) is 19.1. The summed E-state index contributed by atoms with van der Waals surface area (Å²) >= 11 is 0. The van der Waals surface area contributed by atoms with E-state index < -0.39 is 0 Å². The van der Waals surface area contributed by atoms with E-state index in [9.17, 15) is 10.1 Å². The topological polar surface area (TPSA) is 83.6 Å². The first-order valence-electron chi connectivity index (χ1n) is 10.8. The Balaban J connectivity index is 1.64. The van der Waals surface area contributed by atoms with Crippen LogP contribution in [-0.4, -0.2) is 20.7 Å². The molecular formula is C27H25N5O. The van der Waals surface area contributed by atoms with Crippen molar-refractivity contribution in [1.29, 1.82) is 5.26 Å². The molecule has 164 valence electrons. The van der Waals surface area contributed by atoms with Crippen molar-refractivity contribution in [2.24, 2.45) is 0 Å². The van der Waals surface area contributed by atoms with Crippen molar-refractivity contribution in [3.05, 3.63) is 88.4 Å². The van der Waals surface area contributed by atoms with Gasteiger partial charge in [-0.25, -0.2) is 4.68 Å². The van der Waals surface area contributed by atoms with Gasteiger partial charge in [0.2, 0.25) is 0 Å². The molecule has 2 aromatic carbocycles. The predicted octanol–water partition coefficient (Wildman–Crippen LogP) is 5.92. The number of nitrogens with one attached hydrogen (secondary N) is 1. The first kappa shape index (κ1) is 22.0. The van der Waals surface area contributed by atoms with Gasteiger partial charge in [-0.1, -0.05) is 19.9 Å². The summed E-state index contributed by atoms with van der Waals surface area (Å²) in [4.78, 5) is 17.5. The molecule has 2 heterocycles. The van der Waals surface area contributed by atoms with Crippen molar-refractivity contribution < 1.29 is 4.79 Å².